The summed E-state index contributed by atoms with van der Waals surface area (Å²) in [6.07, 6.45) is 9.14. The number of carbonyl (C=O) groups is 1. The van der Waals surface area contributed by atoms with Crippen LogP contribution in [-0.2, 0) is 17.8 Å². The first-order chi connectivity index (χ1) is 15.7. The first-order valence-corrected chi connectivity index (χ1v) is 12.6. The Morgan fingerprint density at radius 2 is 1.81 bits per heavy atom. The Balaban J connectivity index is 1.34. The number of hydrogen-bond donors (Lipinski definition) is 0. The molecule has 5 nitrogen and oxygen atoms in total. The van der Waals surface area contributed by atoms with Crippen molar-refractivity contribution >= 4 is 35.1 Å². The van der Waals surface area contributed by atoms with Crippen molar-refractivity contribution in [2.24, 2.45) is 0 Å². The lowest BCUT2D eigenvalue weighted by molar-refractivity contribution is -0.116. The van der Waals surface area contributed by atoms with E-state index >= 15 is 0 Å². The number of aromatic nitrogens is 3. The van der Waals surface area contributed by atoms with Crippen molar-refractivity contribution in [2.75, 3.05) is 10.7 Å². The molecule has 1 aliphatic heterocycles. The number of carbonyl (C=O) groups excluding carboxylic acids is 1. The summed E-state index contributed by atoms with van der Waals surface area (Å²) in [5.41, 5.74) is 2.19. The third-order valence-electron chi connectivity index (χ3n) is 5.65. The summed E-state index contributed by atoms with van der Waals surface area (Å²) in [5, 5.41) is 9.85. The molecule has 0 saturated carbocycles. The van der Waals surface area contributed by atoms with Gasteiger partial charge in [-0.2, -0.15) is 0 Å². The Bertz CT molecular complexity index is 1170. The summed E-state index contributed by atoms with van der Waals surface area (Å²) < 4.78 is 2.11. The fourth-order valence-electron chi connectivity index (χ4n) is 4.13. The number of para-hydroxylation sites is 1. The average Bonchev–Trinajstić information content (AvgIpc) is 3.22. The Morgan fingerprint density at radius 3 is 2.66 bits per heavy atom. The number of fused-ring (bicyclic) bond motifs is 2. The zero-order valence-electron chi connectivity index (χ0n) is 17.8. The van der Waals surface area contributed by atoms with E-state index in [2.05, 4.69) is 58.1 Å². The van der Waals surface area contributed by atoms with Gasteiger partial charge in [0.1, 0.15) is 5.82 Å². The minimum atomic E-state index is 0.0330. The van der Waals surface area contributed by atoms with Crippen molar-refractivity contribution in [1.29, 1.82) is 0 Å². The number of anilines is 1. The van der Waals surface area contributed by atoms with Gasteiger partial charge in [-0.15, -0.1) is 22.0 Å². The second-order valence-electron chi connectivity index (χ2n) is 7.67. The molecule has 3 aromatic rings. The number of amides is 1. The molecule has 5 rings (SSSR count). The van der Waals surface area contributed by atoms with Gasteiger partial charge in [-0.05, 0) is 24.6 Å². The van der Waals surface area contributed by atoms with Crippen LogP contribution in [0.25, 0.3) is 0 Å². The molecule has 0 bridgehead atoms. The highest BCUT2D eigenvalue weighted by Crippen LogP contribution is 2.43. The van der Waals surface area contributed by atoms with Crippen LogP contribution < -0.4 is 4.90 Å². The highest BCUT2D eigenvalue weighted by Gasteiger charge is 2.36. The van der Waals surface area contributed by atoms with E-state index in [1.807, 2.05) is 59.1 Å². The normalized spacial score (nSPS) is 19.0. The lowest BCUT2D eigenvalue weighted by atomic mass is 10.0. The topological polar surface area (TPSA) is 51.0 Å². The Hall–Kier alpha value is -2.77. The first kappa shape index (κ1) is 21.1. The van der Waals surface area contributed by atoms with Crippen LogP contribution in [0.1, 0.15) is 18.3 Å². The second kappa shape index (κ2) is 9.38. The van der Waals surface area contributed by atoms with Gasteiger partial charge in [0.25, 0.3) is 0 Å². The number of rotatable bonds is 6. The van der Waals surface area contributed by atoms with Gasteiger partial charge in [-0.25, -0.2) is 0 Å². The van der Waals surface area contributed by atoms with E-state index in [-0.39, 0.29) is 17.2 Å². The first-order valence-electron chi connectivity index (χ1n) is 10.8. The molecule has 0 N–H and O–H groups in total. The second-order valence-corrected chi connectivity index (χ2v) is 9.83. The van der Waals surface area contributed by atoms with Gasteiger partial charge in [-0.1, -0.05) is 78.5 Å². The summed E-state index contributed by atoms with van der Waals surface area (Å²) in [5.74, 6) is 1.34. The predicted molar refractivity (Wildman–Crippen MR) is 131 cm³/mol. The van der Waals surface area contributed by atoms with Crippen molar-refractivity contribution in [2.45, 2.75) is 41.2 Å². The molecule has 7 heteroatoms. The third-order valence-corrected chi connectivity index (χ3v) is 7.91. The van der Waals surface area contributed by atoms with Crippen molar-refractivity contribution in [1.82, 2.24) is 14.8 Å². The monoisotopic (exact) mass is 460 g/mol. The van der Waals surface area contributed by atoms with Gasteiger partial charge >= 0.3 is 0 Å². The standard InChI is InChI=1S/C25H24N4OS2/c1-2-28-23(16-18-10-4-3-5-11-18)26-27-25(28)31-17-24(30)29-19-12-6-8-14-21(19)32-22-15-9-7-13-20(22)29/h3-15,19,21H,2,16-17H2,1H3/t19-,21+/m1/s1. The van der Waals surface area contributed by atoms with E-state index in [4.69, 9.17) is 0 Å². The largest absolute Gasteiger partial charge is 0.306 e. The maximum absolute atomic E-state index is 13.5. The molecule has 0 saturated heterocycles. The van der Waals surface area contributed by atoms with Crippen LogP contribution in [0.15, 0.2) is 89.0 Å². The molecule has 32 heavy (non-hydrogen) atoms. The van der Waals surface area contributed by atoms with Crippen LogP contribution in [0.5, 0.6) is 0 Å². The Labute approximate surface area is 196 Å². The van der Waals surface area contributed by atoms with Gasteiger partial charge in [0, 0.05) is 17.9 Å². The lowest BCUT2D eigenvalue weighted by Crippen LogP contribution is -2.48. The number of thioether (sulfide) groups is 2. The van der Waals surface area contributed by atoms with Crippen molar-refractivity contribution in [3.05, 3.63) is 90.3 Å². The molecule has 1 aliphatic carbocycles. The van der Waals surface area contributed by atoms with Gasteiger partial charge in [0.15, 0.2) is 5.16 Å². The molecular formula is C25H24N4OS2. The molecule has 0 unspecified atom stereocenters. The van der Waals surface area contributed by atoms with Gasteiger partial charge < -0.3 is 9.47 Å². The number of allylic oxidation sites excluding steroid dienone is 2. The van der Waals surface area contributed by atoms with E-state index in [0.29, 0.717) is 5.75 Å². The molecule has 2 aromatic carbocycles. The van der Waals surface area contributed by atoms with E-state index in [9.17, 15) is 4.79 Å². The molecule has 162 valence electrons. The highest BCUT2D eigenvalue weighted by atomic mass is 32.2. The minimum Gasteiger partial charge on any atom is -0.306 e. The number of hydrogen-bond acceptors (Lipinski definition) is 5. The molecule has 2 aliphatic rings. The zero-order valence-corrected chi connectivity index (χ0v) is 19.4. The molecule has 0 radical (unpaired) electrons. The lowest BCUT2D eigenvalue weighted by Gasteiger charge is -2.40. The van der Waals surface area contributed by atoms with Crippen molar-refractivity contribution < 1.29 is 4.79 Å². The van der Waals surface area contributed by atoms with Crippen LogP contribution in [-0.4, -0.2) is 37.7 Å². The summed E-state index contributed by atoms with van der Waals surface area (Å²) in [6.45, 7) is 2.86. The zero-order chi connectivity index (χ0) is 21.9. The molecule has 1 aromatic heterocycles. The Morgan fingerprint density at radius 1 is 1.03 bits per heavy atom. The maximum Gasteiger partial charge on any atom is 0.238 e. The van der Waals surface area contributed by atoms with E-state index < -0.39 is 0 Å². The smallest absolute Gasteiger partial charge is 0.238 e. The van der Waals surface area contributed by atoms with E-state index in [1.165, 1.54) is 17.3 Å². The van der Waals surface area contributed by atoms with Crippen molar-refractivity contribution in [3.63, 3.8) is 0 Å². The van der Waals surface area contributed by atoms with Crippen molar-refractivity contribution in [3.8, 4) is 0 Å². The average molecular weight is 461 g/mol. The van der Waals surface area contributed by atoms with E-state index in [1.54, 1.807) is 0 Å². The van der Waals surface area contributed by atoms with Crippen LogP contribution in [0.4, 0.5) is 5.69 Å². The highest BCUT2D eigenvalue weighted by molar-refractivity contribution is 8.00. The molecule has 1 amide bonds. The molecule has 2 atom stereocenters. The fraction of sp³-hybridized carbons (Fsp3) is 0.240. The van der Waals surface area contributed by atoms with Crippen LogP contribution in [0.3, 0.4) is 0 Å². The maximum atomic E-state index is 13.5. The van der Waals surface area contributed by atoms with Gasteiger partial charge in [0.2, 0.25) is 5.91 Å². The summed E-state index contributed by atoms with van der Waals surface area (Å²) in [7, 11) is 0. The van der Waals surface area contributed by atoms with Crippen LogP contribution >= 0.6 is 23.5 Å². The number of benzene rings is 2. The third kappa shape index (κ3) is 4.14. The summed E-state index contributed by atoms with van der Waals surface area (Å²) in [4.78, 5) is 16.6. The summed E-state index contributed by atoms with van der Waals surface area (Å²) >= 11 is 3.29. The molecule has 2 heterocycles. The van der Waals surface area contributed by atoms with Gasteiger partial charge in [-0.3, -0.25) is 4.79 Å². The quantitative estimate of drug-likeness (QED) is 0.486. The van der Waals surface area contributed by atoms with Crippen LogP contribution in [0.2, 0.25) is 0 Å². The fourth-order valence-corrected chi connectivity index (χ4v) is 6.27. The minimum absolute atomic E-state index is 0.0330. The number of nitrogens with zero attached hydrogens (tertiary/aromatic N) is 4. The molecule has 0 fully saturated rings. The van der Waals surface area contributed by atoms with Gasteiger partial charge in [0.05, 0.1) is 22.7 Å². The SMILES string of the molecule is CCn1c(Cc2ccccc2)nnc1SCC(=O)N1c2ccccc2S[C@H]2C=CC=C[C@H]21. The Kier molecular flexibility index (Phi) is 6.19. The van der Waals surface area contributed by atoms with Crippen LogP contribution in [0, 0.1) is 0 Å². The summed E-state index contributed by atoms with van der Waals surface area (Å²) in [6, 6.07) is 18.5. The molecular weight excluding hydrogens is 436 g/mol. The molecule has 0 spiro atoms. The predicted octanol–water partition coefficient (Wildman–Crippen LogP) is 4.98. The van der Waals surface area contributed by atoms with E-state index in [0.717, 1.165) is 34.5 Å².